The lowest BCUT2D eigenvalue weighted by molar-refractivity contribution is -0.122. The lowest BCUT2D eigenvalue weighted by Crippen LogP contribution is -2.38. The van der Waals surface area contributed by atoms with Gasteiger partial charge in [-0.3, -0.25) is 9.89 Å². The van der Waals surface area contributed by atoms with Gasteiger partial charge in [0.05, 0.1) is 17.9 Å². The fourth-order valence-electron chi connectivity index (χ4n) is 3.66. The Labute approximate surface area is 170 Å². The molecule has 29 heavy (non-hydrogen) atoms. The highest BCUT2D eigenvalue weighted by Crippen LogP contribution is 2.27. The van der Waals surface area contributed by atoms with Crippen molar-refractivity contribution in [3.63, 3.8) is 0 Å². The minimum absolute atomic E-state index is 0.00940. The van der Waals surface area contributed by atoms with E-state index in [0.29, 0.717) is 30.2 Å². The van der Waals surface area contributed by atoms with E-state index >= 15 is 0 Å². The van der Waals surface area contributed by atoms with E-state index < -0.39 is 0 Å². The van der Waals surface area contributed by atoms with Crippen molar-refractivity contribution in [3.05, 3.63) is 35.8 Å². The number of H-pyrrole nitrogens is 1. The van der Waals surface area contributed by atoms with Crippen molar-refractivity contribution >= 4 is 23.2 Å². The zero-order valence-corrected chi connectivity index (χ0v) is 17.2. The van der Waals surface area contributed by atoms with Gasteiger partial charge in [0.2, 0.25) is 11.6 Å². The Hall–Kier alpha value is -2.90. The summed E-state index contributed by atoms with van der Waals surface area (Å²) >= 11 is 0. The van der Waals surface area contributed by atoms with Gasteiger partial charge in [-0.1, -0.05) is 20.8 Å². The Bertz CT molecular complexity index is 953. The molecule has 1 amide bonds. The summed E-state index contributed by atoms with van der Waals surface area (Å²) in [5.41, 5.74) is 3.22. The number of nitrogens with zero attached hydrogens (tertiary/aromatic N) is 4. The number of oxazole rings is 1. The summed E-state index contributed by atoms with van der Waals surface area (Å²) < 4.78 is 5.84. The quantitative estimate of drug-likeness (QED) is 0.687. The zero-order valence-electron chi connectivity index (χ0n) is 17.2. The Kier molecular flexibility index (Phi) is 5.25. The molecule has 154 valence electrons. The van der Waals surface area contributed by atoms with Crippen molar-refractivity contribution < 1.29 is 9.21 Å². The summed E-state index contributed by atoms with van der Waals surface area (Å²) in [5, 5.41) is 10.4. The molecule has 2 N–H and O–H groups in total. The first kappa shape index (κ1) is 19.4. The third-order valence-corrected chi connectivity index (χ3v) is 5.29. The highest BCUT2D eigenvalue weighted by atomic mass is 16.4. The number of anilines is 1. The third kappa shape index (κ3) is 4.58. The van der Waals surface area contributed by atoms with E-state index in [1.54, 1.807) is 6.20 Å². The first-order valence-corrected chi connectivity index (χ1v) is 10.2. The first-order chi connectivity index (χ1) is 13.9. The molecular weight excluding hydrogens is 368 g/mol. The van der Waals surface area contributed by atoms with Crippen LogP contribution in [-0.2, 0) is 16.8 Å². The first-order valence-electron chi connectivity index (χ1n) is 10.2. The van der Waals surface area contributed by atoms with E-state index in [4.69, 9.17) is 4.42 Å². The van der Waals surface area contributed by atoms with Gasteiger partial charge in [-0.05, 0) is 37.0 Å². The maximum atomic E-state index is 12.5. The van der Waals surface area contributed by atoms with Crippen LogP contribution in [0, 0.1) is 5.92 Å². The largest absolute Gasteiger partial charge is 0.422 e. The Morgan fingerprint density at radius 2 is 2.28 bits per heavy atom. The number of aromatic nitrogens is 4. The normalized spacial score (nSPS) is 17.6. The van der Waals surface area contributed by atoms with Crippen molar-refractivity contribution in [2.24, 2.45) is 5.92 Å². The minimum Gasteiger partial charge on any atom is -0.422 e. The number of carbonyl (C=O) groups excluding carboxylic acids is 1. The summed E-state index contributed by atoms with van der Waals surface area (Å²) in [6.07, 6.45) is 4.25. The molecule has 8 heteroatoms. The summed E-state index contributed by atoms with van der Waals surface area (Å²) in [6, 6.07) is 6.32. The minimum atomic E-state index is -0.00940. The van der Waals surface area contributed by atoms with Gasteiger partial charge in [0.25, 0.3) is 6.01 Å². The van der Waals surface area contributed by atoms with Crippen LogP contribution in [-0.4, -0.2) is 39.2 Å². The van der Waals surface area contributed by atoms with Crippen molar-refractivity contribution in [1.82, 2.24) is 25.5 Å². The maximum absolute atomic E-state index is 12.5. The second-order valence-electron chi connectivity index (χ2n) is 8.79. The van der Waals surface area contributed by atoms with Crippen LogP contribution in [0.4, 0.5) is 6.01 Å². The van der Waals surface area contributed by atoms with E-state index in [9.17, 15) is 4.79 Å². The van der Waals surface area contributed by atoms with Crippen LogP contribution in [0.2, 0.25) is 0 Å². The standard InChI is InChI=1S/C21H28N6O2/c1-21(2,3)17-11-15(25-26-17)12-23-18(28)10-14-6-5-9-27(13-14)20-24-19-16(29-20)7-4-8-22-19/h4,7-8,11,14H,5-6,9-10,12-13H2,1-3H3,(H,23,28)(H,25,26). The van der Waals surface area contributed by atoms with Crippen LogP contribution in [0.15, 0.2) is 28.8 Å². The number of amides is 1. The zero-order chi connectivity index (χ0) is 20.4. The van der Waals surface area contributed by atoms with Crippen LogP contribution >= 0.6 is 0 Å². The van der Waals surface area contributed by atoms with Crippen molar-refractivity contribution in [1.29, 1.82) is 0 Å². The highest BCUT2D eigenvalue weighted by Gasteiger charge is 2.25. The van der Waals surface area contributed by atoms with Gasteiger partial charge >= 0.3 is 0 Å². The Morgan fingerprint density at radius 1 is 1.41 bits per heavy atom. The average molecular weight is 396 g/mol. The van der Waals surface area contributed by atoms with Crippen molar-refractivity contribution in [2.45, 2.75) is 52.0 Å². The predicted octanol–water partition coefficient (Wildman–Crippen LogP) is 3.17. The highest BCUT2D eigenvalue weighted by molar-refractivity contribution is 5.76. The van der Waals surface area contributed by atoms with Gasteiger partial charge in [-0.15, -0.1) is 0 Å². The van der Waals surface area contributed by atoms with Gasteiger partial charge in [0.1, 0.15) is 0 Å². The average Bonchev–Trinajstić information content (AvgIpc) is 3.33. The Morgan fingerprint density at radius 3 is 3.03 bits per heavy atom. The number of carbonyl (C=O) groups is 1. The molecule has 1 saturated heterocycles. The number of hydrogen-bond acceptors (Lipinski definition) is 6. The molecule has 1 aliphatic heterocycles. The second kappa shape index (κ2) is 7.85. The van der Waals surface area contributed by atoms with E-state index in [1.807, 2.05) is 18.2 Å². The monoisotopic (exact) mass is 396 g/mol. The van der Waals surface area contributed by atoms with Crippen LogP contribution in [0.5, 0.6) is 0 Å². The fraction of sp³-hybridized carbons (Fsp3) is 0.524. The lowest BCUT2D eigenvalue weighted by atomic mass is 9.92. The second-order valence-corrected chi connectivity index (χ2v) is 8.79. The predicted molar refractivity (Wildman–Crippen MR) is 110 cm³/mol. The van der Waals surface area contributed by atoms with E-state index in [2.05, 4.69) is 51.2 Å². The number of fused-ring (bicyclic) bond motifs is 1. The SMILES string of the molecule is CC(C)(C)c1cc(CNC(=O)CC2CCCN(c3nc4ncccc4o3)C2)[nH]n1. The molecule has 0 aromatic carbocycles. The number of rotatable bonds is 5. The number of pyridine rings is 1. The molecule has 1 fully saturated rings. The van der Waals surface area contributed by atoms with Gasteiger partial charge < -0.3 is 14.6 Å². The van der Waals surface area contributed by atoms with Crippen LogP contribution < -0.4 is 10.2 Å². The van der Waals surface area contributed by atoms with E-state index in [-0.39, 0.29) is 17.2 Å². The molecule has 3 aromatic heterocycles. The smallest absolute Gasteiger partial charge is 0.299 e. The summed E-state index contributed by atoms with van der Waals surface area (Å²) in [5.74, 6) is 0.335. The summed E-state index contributed by atoms with van der Waals surface area (Å²) in [6.45, 7) is 8.47. The molecule has 4 rings (SSSR count). The molecule has 0 spiro atoms. The molecule has 1 aliphatic rings. The number of nitrogens with one attached hydrogen (secondary N) is 2. The topological polar surface area (TPSA) is 99.9 Å². The number of hydrogen-bond donors (Lipinski definition) is 2. The molecule has 0 aliphatic carbocycles. The number of aromatic amines is 1. The molecule has 8 nitrogen and oxygen atoms in total. The third-order valence-electron chi connectivity index (χ3n) is 5.29. The van der Waals surface area contributed by atoms with Gasteiger partial charge in [0, 0.05) is 31.1 Å². The fourth-order valence-corrected chi connectivity index (χ4v) is 3.66. The molecule has 1 atom stereocenters. The van der Waals surface area contributed by atoms with Crippen LogP contribution in [0.1, 0.15) is 51.4 Å². The van der Waals surface area contributed by atoms with Gasteiger partial charge in [-0.25, -0.2) is 4.98 Å². The molecular formula is C21H28N6O2. The maximum Gasteiger partial charge on any atom is 0.299 e. The Balaban J connectivity index is 1.30. The van der Waals surface area contributed by atoms with Crippen LogP contribution in [0.3, 0.4) is 0 Å². The van der Waals surface area contributed by atoms with Crippen molar-refractivity contribution in [2.75, 3.05) is 18.0 Å². The van der Waals surface area contributed by atoms with E-state index in [1.165, 1.54) is 0 Å². The van der Waals surface area contributed by atoms with Crippen LogP contribution in [0.25, 0.3) is 11.2 Å². The molecule has 0 saturated carbocycles. The van der Waals surface area contributed by atoms with Gasteiger partial charge in [0.15, 0.2) is 5.58 Å². The van der Waals surface area contributed by atoms with Crippen molar-refractivity contribution in [3.8, 4) is 0 Å². The summed E-state index contributed by atoms with van der Waals surface area (Å²) in [4.78, 5) is 23.3. The van der Waals surface area contributed by atoms with Gasteiger partial charge in [-0.2, -0.15) is 10.1 Å². The number of piperidine rings is 1. The molecule has 0 bridgehead atoms. The van der Waals surface area contributed by atoms with E-state index in [0.717, 1.165) is 37.3 Å². The summed E-state index contributed by atoms with van der Waals surface area (Å²) in [7, 11) is 0. The lowest BCUT2D eigenvalue weighted by Gasteiger charge is -2.31. The molecule has 1 unspecified atom stereocenters. The molecule has 3 aromatic rings. The molecule has 0 radical (unpaired) electrons. The molecule has 4 heterocycles.